The number of nitrogens with zero attached hydrogens (tertiary/aromatic N) is 2. The van der Waals surface area contributed by atoms with E-state index in [9.17, 15) is 0 Å². The molecule has 1 N–H and O–H groups in total. The van der Waals surface area contributed by atoms with Gasteiger partial charge < -0.3 is 5.32 Å². The molecule has 4 heteroatoms. The second kappa shape index (κ2) is 5.34. The van der Waals surface area contributed by atoms with Gasteiger partial charge in [0.25, 0.3) is 0 Å². The molecule has 3 nitrogen and oxygen atoms in total. The quantitative estimate of drug-likeness (QED) is 0.811. The standard InChI is InChI=1S/C13H23N3S/c1-13(2,3)10-5-4-6-11(8-7-10)15-12-16-14-9-17-12/h9-11H,4-8H2,1-3H3,(H,15,16). The van der Waals surface area contributed by atoms with Gasteiger partial charge >= 0.3 is 0 Å². The van der Waals surface area contributed by atoms with Crippen molar-refractivity contribution in [2.24, 2.45) is 11.3 Å². The molecule has 17 heavy (non-hydrogen) atoms. The summed E-state index contributed by atoms with van der Waals surface area (Å²) in [4.78, 5) is 0. The van der Waals surface area contributed by atoms with E-state index in [1.165, 1.54) is 32.1 Å². The Labute approximate surface area is 108 Å². The first-order chi connectivity index (χ1) is 8.05. The Morgan fingerprint density at radius 3 is 2.71 bits per heavy atom. The van der Waals surface area contributed by atoms with Crippen LogP contribution in [0.5, 0.6) is 0 Å². The van der Waals surface area contributed by atoms with Crippen molar-refractivity contribution in [3.63, 3.8) is 0 Å². The lowest BCUT2D eigenvalue weighted by atomic mass is 9.76. The van der Waals surface area contributed by atoms with Crippen LogP contribution in [-0.2, 0) is 0 Å². The van der Waals surface area contributed by atoms with Gasteiger partial charge in [0.15, 0.2) is 0 Å². The third-order valence-electron chi connectivity index (χ3n) is 3.88. The highest BCUT2D eigenvalue weighted by Gasteiger charge is 2.27. The topological polar surface area (TPSA) is 37.8 Å². The summed E-state index contributed by atoms with van der Waals surface area (Å²) in [5.41, 5.74) is 2.24. The average molecular weight is 253 g/mol. The minimum Gasteiger partial charge on any atom is -0.357 e. The van der Waals surface area contributed by atoms with Crippen molar-refractivity contribution in [3.8, 4) is 0 Å². The number of nitrogens with one attached hydrogen (secondary N) is 1. The molecule has 0 amide bonds. The molecule has 1 saturated carbocycles. The molecule has 1 heterocycles. The van der Waals surface area contributed by atoms with Crippen LogP contribution < -0.4 is 5.32 Å². The Balaban J connectivity index is 1.88. The normalized spacial score (nSPS) is 26.5. The third-order valence-corrected chi connectivity index (χ3v) is 4.50. The Morgan fingerprint density at radius 2 is 2.06 bits per heavy atom. The Hall–Kier alpha value is -0.640. The molecule has 0 aromatic carbocycles. The summed E-state index contributed by atoms with van der Waals surface area (Å²) in [6.45, 7) is 7.11. The molecule has 2 rings (SSSR count). The van der Waals surface area contributed by atoms with Gasteiger partial charge in [-0.2, -0.15) is 0 Å². The number of anilines is 1. The van der Waals surface area contributed by atoms with Crippen molar-refractivity contribution in [1.82, 2.24) is 10.2 Å². The molecule has 0 saturated heterocycles. The van der Waals surface area contributed by atoms with Crippen molar-refractivity contribution in [2.45, 2.75) is 58.9 Å². The molecule has 1 fully saturated rings. The van der Waals surface area contributed by atoms with E-state index in [-0.39, 0.29) is 0 Å². The summed E-state index contributed by atoms with van der Waals surface area (Å²) >= 11 is 1.60. The van der Waals surface area contributed by atoms with Crippen LogP contribution >= 0.6 is 11.3 Å². The molecule has 0 radical (unpaired) electrons. The van der Waals surface area contributed by atoms with Crippen molar-refractivity contribution in [3.05, 3.63) is 5.51 Å². The van der Waals surface area contributed by atoms with Gasteiger partial charge in [-0.1, -0.05) is 38.5 Å². The van der Waals surface area contributed by atoms with Gasteiger partial charge in [0.2, 0.25) is 5.13 Å². The number of hydrogen-bond acceptors (Lipinski definition) is 4. The lowest BCUT2D eigenvalue weighted by molar-refractivity contribution is 0.214. The summed E-state index contributed by atoms with van der Waals surface area (Å²) < 4.78 is 0. The first kappa shape index (κ1) is 12.8. The predicted octanol–water partition coefficient (Wildman–Crippen LogP) is 3.95. The Bertz CT molecular complexity index is 329. The molecule has 0 aliphatic heterocycles. The van der Waals surface area contributed by atoms with Gasteiger partial charge in [-0.3, -0.25) is 0 Å². The summed E-state index contributed by atoms with van der Waals surface area (Å²) in [6, 6.07) is 0.593. The van der Waals surface area contributed by atoms with Gasteiger partial charge in [0.05, 0.1) is 0 Å². The van der Waals surface area contributed by atoms with Gasteiger partial charge in [-0.05, 0) is 37.0 Å². The molecule has 2 atom stereocenters. The fourth-order valence-electron chi connectivity index (χ4n) is 2.72. The van der Waals surface area contributed by atoms with Gasteiger partial charge in [-0.15, -0.1) is 10.2 Å². The molecular weight excluding hydrogens is 230 g/mol. The highest BCUT2D eigenvalue weighted by molar-refractivity contribution is 7.13. The minimum absolute atomic E-state index is 0.456. The molecule has 96 valence electrons. The SMILES string of the molecule is CC(C)(C)C1CCCC(Nc2nncs2)CC1. The van der Waals surface area contributed by atoms with E-state index in [2.05, 4.69) is 36.3 Å². The lowest BCUT2D eigenvalue weighted by Gasteiger charge is -2.29. The van der Waals surface area contributed by atoms with E-state index < -0.39 is 0 Å². The molecule has 1 aliphatic carbocycles. The van der Waals surface area contributed by atoms with Crippen LogP contribution in [0.1, 0.15) is 52.9 Å². The van der Waals surface area contributed by atoms with Crippen LogP contribution in [0.15, 0.2) is 5.51 Å². The second-order valence-electron chi connectivity index (χ2n) is 6.16. The van der Waals surface area contributed by atoms with Crippen molar-refractivity contribution in [2.75, 3.05) is 5.32 Å². The highest BCUT2D eigenvalue weighted by Crippen LogP contribution is 2.37. The fraction of sp³-hybridized carbons (Fsp3) is 0.846. The first-order valence-electron chi connectivity index (χ1n) is 6.58. The van der Waals surface area contributed by atoms with E-state index in [1.807, 2.05) is 0 Å². The molecular formula is C13H23N3S. The van der Waals surface area contributed by atoms with E-state index >= 15 is 0 Å². The maximum atomic E-state index is 4.07. The summed E-state index contributed by atoms with van der Waals surface area (Å²) in [6.07, 6.45) is 6.57. The number of rotatable bonds is 2. The van der Waals surface area contributed by atoms with Crippen LogP contribution in [0.25, 0.3) is 0 Å². The molecule has 0 bridgehead atoms. The predicted molar refractivity (Wildman–Crippen MR) is 73.3 cm³/mol. The molecule has 1 aliphatic rings. The Morgan fingerprint density at radius 1 is 1.24 bits per heavy atom. The smallest absolute Gasteiger partial charge is 0.205 e. The van der Waals surface area contributed by atoms with E-state index in [4.69, 9.17) is 0 Å². The zero-order valence-corrected chi connectivity index (χ0v) is 11.9. The zero-order valence-electron chi connectivity index (χ0n) is 11.1. The third kappa shape index (κ3) is 3.66. The lowest BCUT2D eigenvalue weighted by Crippen LogP contribution is -2.21. The molecule has 1 aromatic heterocycles. The monoisotopic (exact) mass is 253 g/mol. The summed E-state index contributed by atoms with van der Waals surface area (Å²) in [5.74, 6) is 0.865. The van der Waals surface area contributed by atoms with Crippen LogP contribution in [0.4, 0.5) is 5.13 Å². The largest absolute Gasteiger partial charge is 0.357 e. The van der Waals surface area contributed by atoms with E-state index in [0.717, 1.165) is 11.0 Å². The number of hydrogen-bond donors (Lipinski definition) is 1. The van der Waals surface area contributed by atoms with Crippen LogP contribution in [0.3, 0.4) is 0 Å². The maximum Gasteiger partial charge on any atom is 0.205 e. The molecule has 1 aromatic rings. The molecule has 0 spiro atoms. The zero-order chi connectivity index (χ0) is 12.3. The average Bonchev–Trinajstić information content (AvgIpc) is 2.61. The summed E-state index contributed by atoms with van der Waals surface area (Å²) in [7, 11) is 0. The maximum absolute atomic E-state index is 4.07. The number of aromatic nitrogens is 2. The first-order valence-corrected chi connectivity index (χ1v) is 7.46. The Kier molecular flexibility index (Phi) is 4.02. The van der Waals surface area contributed by atoms with Gasteiger partial charge in [0, 0.05) is 6.04 Å². The summed E-state index contributed by atoms with van der Waals surface area (Å²) in [5, 5.41) is 12.4. The van der Waals surface area contributed by atoms with Crippen molar-refractivity contribution in [1.29, 1.82) is 0 Å². The van der Waals surface area contributed by atoms with Crippen LogP contribution in [-0.4, -0.2) is 16.2 Å². The highest BCUT2D eigenvalue weighted by atomic mass is 32.1. The van der Waals surface area contributed by atoms with Crippen molar-refractivity contribution >= 4 is 16.5 Å². The van der Waals surface area contributed by atoms with Crippen LogP contribution in [0, 0.1) is 11.3 Å². The van der Waals surface area contributed by atoms with Crippen molar-refractivity contribution < 1.29 is 0 Å². The van der Waals surface area contributed by atoms with Gasteiger partial charge in [0.1, 0.15) is 5.51 Å². The molecule has 2 unspecified atom stereocenters. The van der Waals surface area contributed by atoms with E-state index in [1.54, 1.807) is 16.8 Å². The minimum atomic E-state index is 0.456. The second-order valence-corrected chi connectivity index (χ2v) is 6.99. The van der Waals surface area contributed by atoms with E-state index in [0.29, 0.717) is 11.5 Å². The van der Waals surface area contributed by atoms with Gasteiger partial charge in [-0.25, -0.2) is 0 Å². The van der Waals surface area contributed by atoms with Crippen LogP contribution in [0.2, 0.25) is 0 Å². The fourth-order valence-corrected chi connectivity index (χ4v) is 3.25.